The molecule has 1 N–H and O–H groups in total. The molecular weight excluding hydrogens is 347 g/mol. The first-order valence-corrected chi connectivity index (χ1v) is 7.02. The minimum absolute atomic E-state index is 0.215. The number of para-hydroxylation sites is 2. The van der Waals surface area contributed by atoms with Gasteiger partial charge >= 0.3 is 12.1 Å². The number of benzene rings is 2. The summed E-state index contributed by atoms with van der Waals surface area (Å²) in [6, 6.07) is 9.13. The minimum atomic E-state index is -4.79. The fourth-order valence-electron chi connectivity index (χ4n) is 1.94. The third-order valence-electron chi connectivity index (χ3n) is 2.93. The van der Waals surface area contributed by atoms with E-state index in [-0.39, 0.29) is 10.7 Å². The number of anilines is 1. The second kappa shape index (κ2) is 6.92. The van der Waals surface area contributed by atoms with Gasteiger partial charge in [-0.2, -0.15) is 13.2 Å². The molecule has 0 aromatic heterocycles. The van der Waals surface area contributed by atoms with Crippen molar-refractivity contribution in [2.45, 2.75) is 13.1 Å². The Labute approximate surface area is 140 Å². The predicted molar refractivity (Wildman–Crippen MR) is 82.2 cm³/mol. The molecule has 4 nitrogen and oxygen atoms in total. The Morgan fingerprint density at radius 2 is 1.75 bits per heavy atom. The Bertz CT molecular complexity index is 790. The fraction of sp³-hybridized carbons (Fsp3) is 0.125. The van der Waals surface area contributed by atoms with Gasteiger partial charge in [0.1, 0.15) is 0 Å². The van der Waals surface area contributed by atoms with Gasteiger partial charge in [0, 0.05) is 6.92 Å². The van der Waals surface area contributed by atoms with Gasteiger partial charge in [0.15, 0.2) is 5.75 Å². The number of carbonyl (C=O) groups excluding carboxylic acids is 2. The number of carbonyl (C=O) groups is 2. The normalized spacial score (nSPS) is 11.0. The first-order valence-electron chi connectivity index (χ1n) is 6.64. The van der Waals surface area contributed by atoms with Gasteiger partial charge in [-0.1, -0.05) is 29.8 Å². The summed E-state index contributed by atoms with van der Waals surface area (Å²) < 4.78 is 43.9. The van der Waals surface area contributed by atoms with E-state index in [4.69, 9.17) is 11.6 Å². The molecule has 8 heteroatoms. The lowest BCUT2D eigenvalue weighted by Crippen LogP contribution is -2.18. The Hall–Kier alpha value is -2.54. The van der Waals surface area contributed by atoms with Crippen molar-refractivity contribution >= 4 is 29.2 Å². The quantitative estimate of drug-likeness (QED) is 0.648. The van der Waals surface area contributed by atoms with Crippen molar-refractivity contribution in [1.29, 1.82) is 0 Å². The highest BCUT2D eigenvalue weighted by atomic mass is 35.5. The van der Waals surface area contributed by atoms with Crippen LogP contribution in [0.25, 0.3) is 0 Å². The Kier molecular flexibility index (Phi) is 5.14. The highest BCUT2D eigenvalue weighted by molar-refractivity contribution is 6.33. The van der Waals surface area contributed by atoms with Crippen LogP contribution in [0.1, 0.15) is 22.8 Å². The van der Waals surface area contributed by atoms with E-state index in [1.165, 1.54) is 12.1 Å². The molecule has 2 aromatic carbocycles. The molecule has 1 amide bonds. The number of hydrogen-bond donors (Lipinski definition) is 1. The molecule has 0 atom stereocenters. The number of ether oxygens (including phenoxy) is 1. The summed E-state index contributed by atoms with van der Waals surface area (Å²) in [5.41, 5.74) is -1.43. The molecule has 24 heavy (non-hydrogen) atoms. The summed E-state index contributed by atoms with van der Waals surface area (Å²) in [7, 11) is 0. The molecule has 0 saturated carbocycles. The van der Waals surface area contributed by atoms with Gasteiger partial charge < -0.3 is 10.1 Å². The van der Waals surface area contributed by atoms with Crippen LogP contribution < -0.4 is 10.1 Å². The average Bonchev–Trinajstić information content (AvgIpc) is 2.48. The van der Waals surface area contributed by atoms with E-state index in [0.29, 0.717) is 0 Å². The lowest BCUT2D eigenvalue weighted by molar-refractivity contribution is -0.141. The molecule has 0 spiro atoms. The molecule has 0 aliphatic rings. The molecule has 0 aliphatic carbocycles. The van der Waals surface area contributed by atoms with Crippen LogP contribution in [0.3, 0.4) is 0 Å². The van der Waals surface area contributed by atoms with Gasteiger partial charge in [-0.3, -0.25) is 9.59 Å². The topological polar surface area (TPSA) is 55.4 Å². The zero-order valence-electron chi connectivity index (χ0n) is 12.3. The molecule has 0 radical (unpaired) electrons. The van der Waals surface area contributed by atoms with Crippen molar-refractivity contribution in [3.05, 3.63) is 58.6 Å². The van der Waals surface area contributed by atoms with Crippen molar-refractivity contribution in [2.75, 3.05) is 5.32 Å². The van der Waals surface area contributed by atoms with Crippen LogP contribution in [0.15, 0.2) is 42.5 Å². The van der Waals surface area contributed by atoms with Gasteiger partial charge in [-0.05, 0) is 24.3 Å². The molecule has 126 valence electrons. The second-order valence-electron chi connectivity index (χ2n) is 4.71. The molecular formula is C16H11ClF3NO3. The molecule has 2 aromatic rings. The van der Waals surface area contributed by atoms with E-state index in [1.807, 2.05) is 0 Å². The van der Waals surface area contributed by atoms with Crippen molar-refractivity contribution in [1.82, 2.24) is 0 Å². The SMILES string of the molecule is CC(=O)Oc1c(C(=O)Nc2ccccc2Cl)cccc1C(F)(F)F. The standard InChI is InChI=1S/C16H11ClF3NO3/c1-9(22)24-14-10(5-4-6-11(14)16(18,19)20)15(23)21-13-8-3-2-7-12(13)17/h2-8H,1H3,(H,21,23). The largest absolute Gasteiger partial charge is 0.425 e. The van der Waals surface area contributed by atoms with Crippen molar-refractivity contribution in [2.24, 2.45) is 0 Å². The number of nitrogens with one attached hydrogen (secondary N) is 1. The summed E-state index contributed by atoms with van der Waals surface area (Å²) in [4.78, 5) is 23.5. The van der Waals surface area contributed by atoms with Crippen LogP contribution in [0.5, 0.6) is 5.75 Å². The number of halogens is 4. The Morgan fingerprint density at radius 1 is 1.08 bits per heavy atom. The molecule has 0 unspecified atom stereocenters. The predicted octanol–water partition coefficient (Wildman–Crippen LogP) is 4.54. The zero-order valence-corrected chi connectivity index (χ0v) is 13.0. The van der Waals surface area contributed by atoms with E-state index in [9.17, 15) is 22.8 Å². The summed E-state index contributed by atoms with van der Waals surface area (Å²) in [6.45, 7) is 0.947. The number of esters is 1. The zero-order chi connectivity index (χ0) is 17.9. The Balaban J connectivity index is 2.47. The summed E-state index contributed by atoms with van der Waals surface area (Å²) in [6.07, 6.45) is -4.79. The van der Waals surface area contributed by atoms with Crippen LogP contribution in [0, 0.1) is 0 Å². The maximum atomic E-state index is 13.1. The number of hydrogen-bond acceptors (Lipinski definition) is 3. The lowest BCUT2D eigenvalue weighted by atomic mass is 10.1. The molecule has 0 saturated heterocycles. The maximum absolute atomic E-state index is 13.1. The van der Waals surface area contributed by atoms with E-state index in [2.05, 4.69) is 10.1 Å². The Morgan fingerprint density at radius 3 is 2.33 bits per heavy atom. The number of rotatable bonds is 3. The summed E-state index contributed by atoms with van der Waals surface area (Å²) >= 11 is 5.90. The first kappa shape index (κ1) is 17.8. The third kappa shape index (κ3) is 4.05. The number of amides is 1. The smallest absolute Gasteiger partial charge is 0.420 e. The molecule has 0 aliphatic heterocycles. The van der Waals surface area contributed by atoms with Gasteiger partial charge in [0.2, 0.25) is 0 Å². The maximum Gasteiger partial charge on any atom is 0.420 e. The highest BCUT2D eigenvalue weighted by Gasteiger charge is 2.37. The van der Waals surface area contributed by atoms with Gasteiger partial charge in [0.05, 0.1) is 21.8 Å². The van der Waals surface area contributed by atoms with Crippen LogP contribution in [0.4, 0.5) is 18.9 Å². The summed E-state index contributed by atoms with van der Waals surface area (Å²) in [5.74, 6) is -2.70. The van der Waals surface area contributed by atoms with Crippen molar-refractivity contribution in [3.63, 3.8) is 0 Å². The van der Waals surface area contributed by atoms with Gasteiger partial charge in [-0.25, -0.2) is 0 Å². The second-order valence-corrected chi connectivity index (χ2v) is 5.11. The monoisotopic (exact) mass is 357 g/mol. The van der Waals surface area contributed by atoms with Crippen LogP contribution in [-0.4, -0.2) is 11.9 Å². The van der Waals surface area contributed by atoms with E-state index in [0.717, 1.165) is 25.1 Å². The molecule has 0 fully saturated rings. The van der Waals surface area contributed by atoms with Crippen LogP contribution >= 0.6 is 11.6 Å². The van der Waals surface area contributed by atoms with Crippen molar-refractivity contribution < 1.29 is 27.5 Å². The highest BCUT2D eigenvalue weighted by Crippen LogP contribution is 2.38. The fourth-order valence-corrected chi connectivity index (χ4v) is 2.13. The molecule has 2 rings (SSSR count). The van der Waals surface area contributed by atoms with Crippen LogP contribution in [0.2, 0.25) is 5.02 Å². The molecule has 0 heterocycles. The number of alkyl halides is 3. The lowest BCUT2D eigenvalue weighted by Gasteiger charge is -2.16. The van der Waals surface area contributed by atoms with Gasteiger partial charge in [0.25, 0.3) is 5.91 Å². The van der Waals surface area contributed by atoms with Crippen molar-refractivity contribution in [3.8, 4) is 5.75 Å². The summed E-state index contributed by atoms with van der Waals surface area (Å²) in [5, 5.41) is 2.60. The van der Waals surface area contributed by atoms with E-state index in [1.54, 1.807) is 12.1 Å². The van der Waals surface area contributed by atoms with Gasteiger partial charge in [-0.15, -0.1) is 0 Å². The third-order valence-corrected chi connectivity index (χ3v) is 3.26. The minimum Gasteiger partial charge on any atom is -0.425 e. The first-order chi connectivity index (χ1) is 11.2. The average molecular weight is 358 g/mol. The van der Waals surface area contributed by atoms with E-state index >= 15 is 0 Å². The molecule has 0 bridgehead atoms. The van der Waals surface area contributed by atoms with Crippen LogP contribution in [-0.2, 0) is 11.0 Å². The van der Waals surface area contributed by atoms with E-state index < -0.39 is 34.9 Å².